The number of allylic oxidation sites excluding steroid dienone is 4. The van der Waals surface area contributed by atoms with E-state index in [2.05, 4.69) is 32.0 Å². The molecule has 1 atom stereocenters. The quantitative estimate of drug-likeness (QED) is 0.610. The number of fused-ring (bicyclic) bond motifs is 1. The topological polar surface area (TPSA) is 130 Å². The lowest BCUT2D eigenvalue weighted by atomic mass is 9.88. The summed E-state index contributed by atoms with van der Waals surface area (Å²) in [6, 6.07) is 7.38. The van der Waals surface area contributed by atoms with Gasteiger partial charge < -0.3 is 9.26 Å². The molecule has 2 aromatic rings. The van der Waals surface area contributed by atoms with Crippen LogP contribution in [0.4, 0.5) is 0 Å². The lowest BCUT2D eigenvalue weighted by Gasteiger charge is -2.17. The molecule has 0 spiro atoms. The number of hydrogen-bond acceptors (Lipinski definition) is 8. The van der Waals surface area contributed by atoms with E-state index in [4.69, 9.17) is 9.26 Å². The molecule has 178 valence electrons. The summed E-state index contributed by atoms with van der Waals surface area (Å²) < 4.78 is 36.9. The Morgan fingerprint density at radius 1 is 1.35 bits per heavy atom. The second-order valence-corrected chi connectivity index (χ2v) is 10.5. The molecule has 0 amide bonds. The van der Waals surface area contributed by atoms with Crippen molar-refractivity contribution in [3.05, 3.63) is 47.3 Å². The fraction of sp³-hybridized carbons (Fsp3) is 0.417. The van der Waals surface area contributed by atoms with Gasteiger partial charge >= 0.3 is 0 Å². The molecule has 2 aliphatic carbocycles. The Labute approximate surface area is 199 Å². The molecular formula is C24H27N5O4S. The molecule has 0 aliphatic heterocycles. The van der Waals surface area contributed by atoms with Crippen LogP contribution in [0.3, 0.4) is 0 Å². The first-order valence-electron chi connectivity index (χ1n) is 11.2. The third-order valence-electron chi connectivity index (χ3n) is 5.84. The Balaban J connectivity index is 1.57. The van der Waals surface area contributed by atoms with Crippen LogP contribution in [0.25, 0.3) is 17.0 Å². The lowest BCUT2D eigenvalue weighted by molar-refractivity contribution is 0.241. The van der Waals surface area contributed by atoms with Crippen LogP contribution < -0.4 is 9.46 Å². The molecule has 1 fully saturated rings. The number of rotatable bonds is 8. The van der Waals surface area contributed by atoms with Crippen molar-refractivity contribution >= 4 is 21.3 Å². The second-order valence-electron chi connectivity index (χ2n) is 8.44. The summed E-state index contributed by atoms with van der Waals surface area (Å²) in [6.07, 6.45) is 6.47. The minimum atomic E-state index is -3.28. The maximum atomic E-state index is 11.7. The third kappa shape index (κ3) is 5.11. The highest BCUT2D eigenvalue weighted by atomic mass is 32.2. The van der Waals surface area contributed by atoms with Crippen molar-refractivity contribution in [2.24, 2.45) is 10.9 Å². The Morgan fingerprint density at radius 2 is 2.18 bits per heavy atom. The Kier molecular flexibility index (Phi) is 6.95. The fourth-order valence-corrected chi connectivity index (χ4v) is 4.75. The van der Waals surface area contributed by atoms with E-state index in [0.29, 0.717) is 28.6 Å². The summed E-state index contributed by atoms with van der Waals surface area (Å²) in [7, 11) is -1.87. The van der Waals surface area contributed by atoms with E-state index in [1.807, 2.05) is 19.9 Å². The Morgan fingerprint density at radius 3 is 2.91 bits per heavy atom. The van der Waals surface area contributed by atoms with E-state index in [1.54, 1.807) is 18.2 Å². The minimum Gasteiger partial charge on any atom is -0.490 e. The molecule has 1 N–H and O–H groups in total. The minimum absolute atomic E-state index is 0.0264. The molecule has 1 aromatic heterocycles. The van der Waals surface area contributed by atoms with Crippen molar-refractivity contribution < 1.29 is 17.7 Å². The van der Waals surface area contributed by atoms with E-state index >= 15 is 0 Å². The van der Waals surface area contributed by atoms with Gasteiger partial charge in [0.25, 0.3) is 5.89 Å². The van der Waals surface area contributed by atoms with Gasteiger partial charge in [-0.2, -0.15) is 10.2 Å². The maximum absolute atomic E-state index is 11.7. The molecular weight excluding hydrogens is 454 g/mol. The Bertz CT molecular complexity index is 1320. The zero-order valence-electron chi connectivity index (χ0n) is 19.4. The smallest absolute Gasteiger partial charge is 0.258 e. The highest BCUT2D eigenvalue weighted by Crippen LogP contribution is 2.40. The summed E-state index contributed by atoms with van der Waals surface area (Å²) in [4.78, 5) is 9.19. The zero-order chi connectivity index (χ0) is 24.3. The first kappa shape index (κ1) is 23.9. The van der Waals surface area contributed by atoms with Gasteiger partial charge in [0.05, 0.1) is 24.0 Å². The summed E-state index contributed by atoms with van der Waals surface area (Å²) in [5.41, 5.74) is 4.18. The van der Waals surface area contributed by atoms with E-state index in [0.717, 1.165) is 30.5 Å². The number of benzene rings is 1. The van der Waals surface area contributed by atoms with E-state index in [1.165, 1.54) is 12.6 Å². The number of aromatic nitrogens is 2. The van der Waals surface area contributed by atoms with Gasteiger partial charge in [-0.15, -0.1) is 0 Å². The molecule has 2 aliphatic rings. The van der Waals surface area contributed by atoms with Gasteiger partial charge in [-0.3, -0.25) is 4.99 Å². The van der Waals surface area contributed by atoms with Crippen molar-refractivity contribution in [1.82, 2.24) is 14.9 Å². The van der Waals surface area contributed by atoms with Gasteiger partial charge in [0.1, 0.15) is 11.8 Å². The van der Waals surface area contributed by atoms with Gasteiger partial charge in [0.15, 0.2) is 0 Å². The van der Waals surface area contributed by atoms with Crippen LogP contribution in [0.2, 0.25) is 0 Å². The van der Waals surface area contributed by atoms with E-state index in [-0.39, 0.29) is 24.3 Å². The predicted octanol–water partition coefficient (Wildman–Crippen LogP) is 3.51. The van der Waals surface area contributed by atoms with Crippen molar-refractivity contribution in [1.29, 1.82) is 5.26 Å². The normalized spacial score (nSPS) is 19.0. The fourth-order valence-electron chi connectivity index (χ4n) is 4.22. The van der Waals surface area contributed by atoms with E-state index < -0.39 is 10.0 Å². The van der Waals surface area contributed by atoms with Crippen molar-refractivity contribution in [3.63, 3.8) is 0 Å². The van der Waals surface area contributed by atoms with Crippen LogP contribution in [0.5, 0.6) is 5.75 Å². The van der Waals surface area contributed by atoms with Crippen molar-refractivity contribution in [2.75, 3.05) is 19.3 Å². The first-order chi connectivity index (χ1) is 16.3. The van der Waals surface area contributed by atoms with E-state index in [9.17, 15) is 13.7 Å². The summed E-state index contributed by atoms with van der Waals surface area (Å²) in [5.74, 6) is 1.45. The largest absolute Gasteiger partial charge is 0.490 e. The third-order valence-corrected chi connectivity index (χ3v) is 7.18. The maximum Gasteiger partial charge on any atom is 0.258 e. The van der Waals surface area contributed by atoms with Crippen LogP contribution in [0.1, 0.15) is 44.5 Å². The number of aliphatic imine (C=N–C) groups is 1. The number of hydrogen-bond donors (Lipinski definition) is 1. The average Bonchev–Trinajstić information content (AvgIpc) is 3.47. The van der Waals surface area contributed by atoms with Gasteiger partial charge in [-0.25, -0.2) is 13.1 Å². The monoisotopic (exact) mass is 481 g/mol. The molecule has 34 heavy (non-hydrogen) atoms. The molecule has 10 heteroatoms. The molecule has 0 saturated heterocycles. The molecule has 1 unspecified atom stereocenters. The Hall–Kier alpha value is -3.29. The summed E-state index contributed by atoms with van der Waals surface area (Å²) >= 11 is 0. The van der Waals surface area contributed by atoms with Crippen LogP contribution in [-0.2, 0) is 10.0 Å². The molecule has 0 bridgehead atoms. The van der Waals surface area contributed by atoms with Crippen molar-refractivity contribution in [3.8, 4) is 23.3 Å². The first-order valence-corrected chi connectivity index (χ1v) is 12.9. The number of ether oxygens (including phenoxy) is 1. The van der Waals surface area contributed by atoms with Gasteiger partial charge in [-0.05, 0) is 63.9 Å². The average molecular weight is 482 g/mol. The molecule has 1 saturated carbocycles. The molecule has 1 heterocycles. The summed E-state index contributed by atoms with van der Waals surface area (Å²) in [5, 5.41) is 13.7. The molecule has 9 nitrogen and oxygen atoms in total. The highest BCUT2D eigenvalue weighted by molar-refractivity contribution is 7.89. The molecule has 0 radical (unpaired) electrons. The number of nitriles is 1. The van der Waals surface area contributed by atoms with Crippen LogP contribution in [0, 0.1) is 17.2 Å². The van der Waals surface area contributed by atoms with Gasteiger partial charge in [0, 0.05) is 22.8 Å². The number of sulfonamides is 1. The highest BCUT2D eigenvalue weighted by Gasteiger charge is 2.32. The number of nitrogens with one attached hydrogen (secondary N) is 1. The predicted molar refractivity (Wildman–Crippen MR) is 129 cm³/mol. The van der Waals surface area contributed by atoms with Crippen LogP contribution >= 0.6 is 0 Å². The van der Waals surface area contributed by atoms with Crippen molar-refractivity contribution in [2.45, 2.75) is 39.2 Å². The van der Waals surface area contributed by atoms with Gasteiger partial charge in [-0.1, -0.05) is 17.3 Å². The standard InChI is InChI=1S/C24H27N5O4S/c1-15(2)32-22-10-7-16(13-17(22)14-25)24-28-23(29-33-24)20-6-4-5-19-18(20)8-9-21(19)27-11-12-34(30,31)26-3/h4,6-7,10,13,15,19,26H,5,8-9,11-12H2,1-3H3. The lowest BCUT2D eigenvalue weighted by Crippen LogP contribution is -2.24. The molecule has 4 rings (SSSR count). The molecule has 1 aromatic carbocycles. The van der Waals surface area contributed by atoms with Crippen LogP contribution in [-0.4, -0.2) is 49.7 Å². The zero-order valence-corrected chi connectivity index (χ0v) is 20.2. The van der Waals surface area contributed by atoms with Crippen LogP contribution in [0.15, 0.2) is 45.4 Å². The summed E-state index contributed by atoms with van der Waals surface area (Å²) in [6.45, 7) is 4.05. The van der Waals surface area contributed by atoms with Gasteiger partial charge in [0.2, 0.25) is 15.8 Å². The second kappa shape index (κ2) is 9.91. The SMILES string of the molecule is CNS(=O)(=O)CCN=C1CCC2=C(c3noc(-c4ccc(OC(C)C)c(C#N)c4)n3)C=CCC12. The number of nitrogens with zero attached hydrogens (tertiary/aromatic N) is 4.